The highest BCUT2D eigenvalue weighted by Gasteiger charge is 2.23. The number of benzene rings is 1. The number of hydrogen-bond acceptors (Lipinski definition) is 5. The summed E-state index contributed by atoms with van der Waals surface area (Å²) in [5, 5.41) is 12.3. The van der Waals surface area contributed by atoms with Gasteiger partial charge in [-0.05, 0) is 26.1 Å². The molecule has 0 unspecified atom stereocenters. The van der Waals surface area contributed by atoms with Crippen LogP contribution in [-0.4, -0.2) is 46.0 Å². The standard InChI is InChI=1S/C13H19NO5/c1-14-6-5-8-9(13(15)16)7-10(17-2)12(19-4)11(8)18-3/h7,14H,5-6H2,1-4H3,(H,15,16). The summed E-state index contributed by atoms with van der Waals surface area (Å²) in [6.45, 7) is 0.631. The highest BCUT2D eigenvalue weighted by Crippen LogP contribution is 2.42. The molecule has 0 bridgehead atoms. The summed E-state index contributed by atoms with van der Waals surface area (Å²) in [4.78, 5) is 11.3. The van der Waals surface area contributed by atoms with Gasteiger partial charge >= 0.3 is 5.97 Å². The highest BCUT2D eigenvalue weighted by atomic mass is 16.5. The van der Waals surface area contributed by atoms with Crippen LogP contribution in [0.3, 0.4) is 0 Å². The minimum Gasteiger partial charge on any atom is -0.493 e. The van der Waals surface area contributed by atoms with Crippen molar-refractivity contribution in [3.63, 3.8) is 0 Å². The minimum absolute atomic E-state index is 0.157. The number of aromatic carboxylic acids is 1. The smallest absolute Gasteiger partial charge is 0.336 e. The number of carboxylic acid groups (broad SMARTS) is 1. The van der Waals surface area contributed by atoms with Crippen molar-refractivity contribution in [3.8, 4) is 17.2 Å². The number of hydrogen-bond donors (Lipinski definition) is 2. The summed E-state index contributed by atoms with van der Waals surface area (Å²) in [6.07, 6.45) is 0.516. The van der Waals surface area contributed by atoms with E-state index in [1.54, 1.807) is 7.05 Å². The van der Waals surface area contributed by atoms with Crippen molar-refractivity contribution in [2.75, 3.05) is 34.9 Å². The number of likely N-dealkylation sites (N-methyl/N-ethyl adjacent to an activating group) is 1. The van der Waals surface area contributed by atoms with Gasteiger partial charge in [-0.25, -0.2) is 4.79 Å². The monoisotopic (exact) mass is 269 g/mol. The van der Waals surface area contributed by atoms with Crippen molar-refractivity contribution in [2.24, 2.45) is 0 Å². The molecule has 19 heavy (non-hydrogen) atoms. The maximum Gasteiger partial charge on any atom is 0.336 e. The number of ether oxygens (including phenoxy) is 3. The second kappa shape index (κ2) is 6.84. The maximum atomic E-state index is 11.3. The normalized spacial score (nSPS) is 10.1. The van der Waals surface area contributed by atoms with E-state index < -0.39 is 5.97 Å². The van der Waals surface area contributed by atoms with Gasteiger partial charge in [-0.15, -0.1) is 0 Å². The lowest BCUT2D eigenvalue weighted by Gasteiger charge is -2.18. The predicted octanol–water partition coefficient (Wildman–Crippen LogP) is 1.17. The first-order valence-corrected chi connectivity index (χ1v) is 5.80. The second-order valence-electron chi connectivity index (χ2n) is 3.83. The van der Waals surface area contributed by atoms with Gasteiger partial charge < -0.3 is 24.6 Å². The minimum atomic E-state index is -1.02. The molecule has 106 valence electrons. The van der Waals surface area contributed by atoms with Crippen LogP contribution in [0.25, 0.3) is 0 Å². The van der Waals surface area contributed by atoms with E-state index in [4.69, 9.17) is 14.2 Å². The molecule has 1 rings (SSSR count). The van der Waals surface area contributed by atoms with Crippen molar-refractivity contribution >= 4 is 5.97 Å². The van der Waals surface area contributed by atoms with Gasteiger partial charge in [0, 0.05) is 5.56 Å². The Kier molecular flexibility index (Phi) is 5.44. The molecule has 1 aromatic rings. The van der Waals surface area contributed by atoms with Gasteiger partial charge in [0.05, 0.1) is 26.9 Å². The first-order chi connectivity index (χ1) is 9.10. The molecule has 0 saturated heterocycles. The fraction of sp³-hybridized carbons (Fsp3) is 0.462. The average Bonchev–Trinajstić information content (AvgIpc) is 2.42. The maximum absolute atomic E-state index is 11.3. The van der Waals surface area contributed by atoms with E-state index in [1.807, 2.05) is 0 Å². The highest BCUT2D eigenvalue weighted by molar-refractivity contribution is 5.92. The molecule has 0 fully saturated rings. The number of carbonyl (C=O) groups is 1. The molecular formula is C13H19NO5. The lowest BCUT2D eigenvalue weighted by molar-refractivity contribution is 0.0694. The van der Waals surface area contributed by atoms with Crippen molar-refractivity contribution in [2.45, 2.75) is 6.42 Å². The van der Waals surface area contributed by atoms with Gasteiger partial charge in [-0.1, -0.05) is 0 Å². The third-order valence-corrected chi connectivity index (χ3v) is 2.79. The predicted molar refractivity (Wildman–Crippen MR) is 70.7 cm³/mol. The van der Waals surface area contributed by atoms with Crippen LogP contribution in [0.5, 0.6) is 17.2 Å². The summed E-state index contributed by atoms with van der Waals surface area (Å²) in [6, 6.07) is 1.45. The summed E-state index contributed by atoms with van der Waals surface area (Å²) in [5.41, 5.74) is 0.742. The van der Waals surface area contributed by atoms with Crippen molar-refractivity contribution in [3.05, 3.63) is 17.2 Å². The Morgan fingerprint density at radius 2 is 1.84 bits per heavy atom. The Morgan fingerprint density at radius 3 is 2.26 bits per heavy atom. The van der Waals surface area contributed by atoms with E-state index in [1.165, 1.54) is 27.4 Å². The second-order valence-corrected chi connectivity index (χ2v) is 3.83. The van der Waals surface area contributed by atoms with Gasteiger partial charge in [-0.2, -0.15) is 0 Å². The average molecular weight is 269 g/mol. The van der Waals surface area contributed by atoms with E-state index in [2.05, 4.69) is 5.32 Å². The largest absolute Gasteiger partial charge is 0.493 e. The Bertz CT molecular complexity index is 459. The molecule has 6 heteroatoms. The number of rotatable bonds is 7. The molecule has 0 radical (unpaired) electrons. The van der Waals surface area contributed by atoms with Crippen LogP contribution >= 0.6 is 0 Å². The fourth-order valence-corrected chi connectivity index (χ4v) is 1.90. The number of methoxy groups -OCH3 is 3. The van der Waals surface area contributed by atoms with Crippen molar-refractivity contribution < 1.29 is 24.1 Å². The van der Waals surface area contributed by atoms with Gasteiger partial charge in [0.1, 0.15) is 0 Å². The third-order valence-electron chi connectivity index (χ3n) is 2.79. The summed E-state index contributed by atoms with van der Waals surface area (Å²) in [7, 11) is 6.22. The Labute approximate surface area is 112 Å². The topological polar surface area (TPSA) is 77.0 Å². The van der Waals surface area contributed by atoms with Crippen LogP contribution in [-0.2, 0) is 6.42 Å². The van der Waals surface area contributed by atoms with Gasteiger partial charge in [0.2, 0.25) is 5.75 Å². The Morgan fingerprint density at radius 1 is 1.21 bits per heavy atom. The zero-order chi connectivity index (χ0) is 14.4. The van der Waals surface area contributed by atoms with E-state index in [-0.39, 0.29) is 5.56 Å². The Hall–Kier alpha value is -1.95. The van der Waals surface area contributed by atoms with E-state index in [0.29, 0.717) is 35.8 Å². The van der Waals surface area contributed by atoms with E-state index in [9.17, 15) is 9.90 Å². The van der Waals surface area contributed by atoms with Crippen LogP contribution < -0.4 is 19.5 Å². The third kappa shape index (κ3) is 3.08. The molecule has 0 spiro atoms. The molecule has 0 aliphatic carbocycles. The summed E-state index contributed by atoms with van der Waals surface area (Å²) >= 11 is 0. The number of nitrogens with one attached hydrogen (secondary N) is 1. The van der Waals surface area contributed by atoms with Crippen molar-refractivity contribution in [1.82, 2.24) is 5.32 Å². The molecule has 0 aromatic heterocycles. The molecule has 2 N–H and O–H groups in total. The first kappa shape index (κ1) is 15.1. The van der Waals surface area contributed by atoms with Gasteiger partial charge in [0.25, 0.3) is 0 Å². The molecule has 0 aliphatic rings. The molecule has 0 saturated carbocycles. The Balaban J connectivity index is 3.49. The molecular weight excluding hydrogens is 250 g/mol. The molecule has 0 amide bonds. The van der Waals surface area contributed by atoms with Gasteiger partial charge in [-0.3, -0.25) is 0 Å². The van der Waals surface area contributed by atoms with E-state index >= 15 is 0 Å². The van der Waals surface area contributed by atoms with Crippen LogP contribution in [0, 0.1) is 0 Å². The zero-order valence-corrected chi connectivity index (χ0v) is 11.6. The van der Waals surface area contributed by atoms with Crippen LogP contribution in [0.1, 0.15) is 15.9 Å². The van der Waals surface area contributed by atoms with E-state index in [0.717, 1.165) is 0 Å². The lowest BCUT2D eigenvalue weighted by Crippen LogP contribution is -2.15. The zero-order valence-electron chi connectivity index (χ0n) is 11.6. The van der Waals surface area contributed by atoms with Crippen LogP contribution in [0.15, 0.2) is 6.07 Å². The SMILES string of the molecule is CNCCc1c(C(=O)O)cc(OC)c(OC)c1OC. The first-order valence-electron chi connectivity index (χ1n) is 5.80. The van der Waals surface area contributed by atoms with Crippen LogP contribution in [0.4, 0.5) is 0 Å². The van der Waals surface area contributed by atoms with Crippen LogP contribution in [0.2, 0.25) is 0 Å². The summed E-state index contributed by atoms with van der Waals surface area (Å²) < 4.78 is 15.7. The summed E-state index contributed by atoms with van der Waals surface area (Å²) in [5.74, 6) is 0.117. The molecule has 0 atom stereocenters. The molecule has 0 heterocycles. The quantitative estimate of drug-likeness (QED) is 0.774. The van der Waals surface area contributed by atoms with Crippen molar-refractivity contribution in [1.29, 1.82) is 0 Å². The number of carboxylic acids is 1. The van der Waals surface area contributed by atoms with Gasteiger partial charge in [0.15, 0.2) is 11.5 Å². The molecule has 1 aromatic carbocycles. The lowest BCUT2D eigenvalue weighted by atomic mass is 10.0. The fourth-order valence-electron chi connectivity index (χ4n) is 1.90. The molecule has 0 aliphatic heterocycles. The molecule has 6 nitrogen and oxygen atoms in total.